The van der Waals surface area contributed by atoms with Crippen molar-refractivity contribution in [1.29, 1.82) is 0 Å². The molecule has 1 aromatic carbocycles. The molecular weight excluding hydrogens is 218 g/mol. The second-order valence-corrected chi connectivity index (χ2v) is 6.00. The summed E-state index contributed by atoms with van der Waals surface area (Å²) in [6.07, 6.45) is 7.06. The molecule has 0 aliphatic heterocycles. The van der Waals surface area contributed by atoms with Gasteiger partial charge in [-0.15, -0.1) is 0 Å². The molecule has 1 aliphatic rings. The molecule has 1 unspecified atom stereocenters. The van der Waals surface area contributed by atoms with Crippen molar-refractivity contribution in [3.8, 4) is 0 Å². The lowest BCUT2D eigenvalue weighted by molar-refractivity contribution is 0.267. The maximum absolute atomic E-state index is 3.72. The van der Waals surface area contributed by atoms with Crippen LogP contribution in [0.2, 0.25) is 0 Å². The minimum Gasteiger partial charge on any atom is -0.316 e. The Kier molecular flexibility index (Phi) is 4.82. The third kappa shape index (κ3) is 3.35. The Balaban J connectivity index is 1.78. The van der Waals surface area contributed by atoms with Crippen LogP contribution in [0.5, 0.6) is 0 Å². The van der Waals surface area contributed by atoms with Crippen LogP contribution in [0.4, 0.5) is 0 Å². The van der Waals surface area contributed by atoms with Crippen LogP contribution in [0.3, 0.4) is 0 Å². The highest BCUT2D eigenvalue weighted by atomic mass is 14.9. The van der Waals surface area contributed by atoms with Crippen molar-refractivity contribution >= 4 is 0 Å². The van der Waals surface area contributed by atoms with Gasteiger partial charge in [0, 0.05) is 13.1 Å². The van der Waals surface area contributed by atoms with E-state index in [4.69, 9.17) is 0 Å². The summed E-state index contributed by atoms with van der Waals surface area (Å²) < 4.78 is 0. The zero-order chi connectivity index (χ0) is 12.8. The maximum Gasteiger partial charge on any atom is 0.00177 e. The standard InChI is InChI=1S/C17H27N/c1-3-17(11-7-8-12-17)14-18-13-15(2)16-9-5-4-6-10-16/h4-6,9-10,15,18H,3,7-8,11-14H2,1-2H3. The number of nitrogens with one attached hydrogen (secondary N) is 1. The Labute approximate surface area is 112 Å². The first-order chi connectivity index (χ1) is 8.76. The summed E-state index contributed by atoms with van der Waals surface area (Å²) in [7, 11) is 0. The Bertz CT molecular complexity index is 338. The van der Waals surface area contributed by atoms with Crippen LogP contribution in [0.15, 0.2) is 30.3 Å². The van der Waals surface area contributed by atoms with E-state index >= 15 is 0 Å². The SMILES string of the molecule is CCC1(CNCC(C)c2ccccc2)CCCC1. The molecule has 0 saturated heterocycles. The highest BCUT2D eigenvalue weighted by molar-refractivity contribution is 5.18. The molecule has 0 bridgehead atoms. The molecule has 0 amide bonds. The quantitative estimate of drug-likeness (QED) is 0.785. The van der Waals surface area contributed by atoms with Crippen LogP contribution >= 0.6 is 0 Å². The van der Waals surface area contributed by atoms with E-state index in [1.807, 2.05) is 0 Å². The molecule has 1 N–H and O–H groups in total. The summed E-state index contributed by atoms with van der Waals surface area (Å²) in [6.45, 7) is 6.98. The van der Waals surface area contributed by atoms with Gasteiger partial charge in [0.15, 0.2) is 0 Å². The van der Waals surface area contributed by atoms with E-state index in [1.165, 1.54) is 44.2 Å². The van der Waals surface area contributed by atoms with E-state index < -0.39 is 0 Å². The lowest BCUT2D eigenvalue weighted by Crippen LogP contribution is -2.33. The molecule has 1 nitrogen and oxygen atoms in total. The van der Waals surface area contributed by atoms with Crippen molar-refractivity contribution in [2.24, 2.45) is 5.41 Å². The molecule has 1 atom stereocenters. The number of rotatable bonds is 6. The van der Waals surface area contributed by atoms with Crippen LogP contribution in [-0.4, -0.2) is 13.1 Å². The molecule has 1 aromatic rings. The molecule has 0 spiro atoms. The van der Waals surface area contributed by atoms with E-state index in [0.29, 0.717) is 11.3 Å². The average Bonchev–Trinajstić information content (AvgIpc) is 2.89. The van der Waals surface area contributed by atoms with Crippen LogP contribution in [0.1, 0.15) is 57.4 Å². The molecule has 1 aliphatic carbocycles. The average molecular weight is 245 g/mol. The van der Waals surface area contributed by atoms with Gasteiger partial charge < -0.3 is 5.32 Å². The second kappa shape index (κ2) is 6.38. The molecular formula is C17H27N. The molecule has 1 saturated carbocycles. The number of hydrogen-bond acceptors (Lipinski definition) is 1. The smallest absolute Gasteiger partial charge is 0.00177 e. The first-order valence-corrected chi connectivity index (χ1v) is 7.51. The van der Waals surface area contributed by atoms with Crippen molar-refractivity contribution in [1.82, 2.24) is 5.32 Å². The molecule has 2 rings (SSSR count). The van der Waals surface area contributed by atoms with Gasteiger partial charge in [-0.1, -0.05) is 57.0 Å². The predicted octanol–water partition coefficient (Wildman–Crippen LogP) is 4.35. The van der Waals surface area contributed by atoms with Crippen molar-refractivity contribution in [3.63, 3.8) is 0 Å². The molecule has 100 valence electrons. The predicted molar refractivity (Wildman–Crippen MR) is 78.9 cm³/mol. The van der Waals surface area contributed by atoms with E-state index in [2.05, 4.69) is 49.5 Å². The van der Waals surface area contributed by atoms with E-state index in [1.54, 1.807) is 0 Å². The van der Waals surface area contributed by atoms with Gasteiger partial charge >= 0.3 is 0 Å². The zero-order valence-electron chi connectivity index (χ0n) is 11.9. The van der Waals surface area contributed by atoms with Crippen LogP contribution in [0.25, 0.3) is 0 Å². The van der Waals surface area contributed by atoms with E-state index in [9.17, 15) is 0 Å². The monoisotopic (exact) mass is 245 g/mol. The van der Waals surface area contributed by atoms with Crippen LogP contribution in [-0.2, 0) is 0 Å². The molecule has 1 heteroatoms. The van der Waals surface area contributed by atoms with Crippen molar-refractivity contribution < 1.29 is 0 Å². The molecule has 0 heterocycles. The van der Waals surface area contributed by atoms with Gasteiger partial charge in [0.25, 0.3) is 0 Å². The highest BCUT2D eigenvalue weighted by Gasteiger charge is 2.31. The fourth-order valence-corrected chi connectivity index (χ4v) is 3.23. The summed E-state index contributed by atoms with van der Waals surface area (Å²) in [4.78, 5) is 0. The van der Waals surface area contributed by atoms with Gasteiger partial charge in [0.1, 0.15) is 0 Å². The maximum atomic E-state index is 3.72. The molecule has 0 aromatic heterocycles. The van der Waals surface area contributed by atoms with E-state index in [-0.39, 0.29) is 0 Å². The summed E-state index contributed by atoms with van der Waals surface area (Å²) >= 11 is 0. The zero-order valence-corrected chi connectivity index (χ0v) is 11.9. The van der Waals surface area contributed by atoms with Crippen molar-refractivity contribution in [2.45, 2.75) is 51.9 Å². The van der Waals surface area contributed by atoms with Crippen LogP contribution in [0, 0.1) is 5.41 Å². The fraction of sp³-hybridized carbons (Fsp3) is 0.647. The minimum absolute atomic E-state index is 0.608. The number of hydrogen-bond donors (Lipinski definition) is 1. The Morgan fingerprint density at radius 1 is 1.17 bits per heavy atom. The third-order valence-electron chi connectivity index (χ3n) is 4.73. The van der Waals surface area contributed by atoms with Crippen molar-refractivity contribution in [2.75, 3.05) is 13.1 Å². The second-order valence-electron chi connectivity index (χ2n) is 6.00. The van der Waals surface area contributed by atoms with Gasteiger partial charge in [0.05, 0.1) is 0 Å². The van der Waals surface area contributed by atoms with Gasteiger partial charge in [0.2, 0.25) is 0 Å². The number of benzene rings is 1. The van der Waals surface area contributed by atoms with Gasteiger partial charge in [-0.05, 0) is 36.2 Å². The van der Waals surface area contributed by atoms with E-state index in [0.717, 1.165) is 6.54 Å². The highest BCUT2D eigenvalue weighted by Crippen LogP contribution is 2.40. The fourth-order valence-electron chi connectivity index (χ4n) is 3.23. The summed E-state index contributed by atoms with van der Waals surface area (Å²) in [5.41, 5.74) is 2.05. The van der Waals surface area contributed by atoms with Crippen LogP contribution < -0.4 is 5.32 Å². The summed E-state index contributed by atoms with van der Waals surface area (Å²) in [5.74, 6) is 0.613. The molecule has 1 fully saturated rings. The minimum atomic E-state index is 0.608. The van der Waals surface area contributed by atoms with Crippen molar-refractivity contribution in [3.05, 3.63) is 35.9 Å². The van der Waals surface area contributed by atoms with Gasteiger partial charge in [-0.3, -0.25) is 0 Å². The van der Waals surface area contributed by atoms with Gasteiger partial charge in [-0.25, -0.2) is 0 Å². The Morgan fingerprint density at radius 2 is 1.83 bits per heavy atom. The lowest BCUT2D eigenvalue weighted by Gasteiger charge is -2.28. The van der Waals surface area contributed by atoms with Gasteiger partial charge in [-0.2, -0.15) is 0 Å². The topological polar surface area (TPSA) is 12.0 Å². The molecule has 0 radical (unpaired) electrons. The summed E-state index contributed by atoms with van der Waals surface area (Å²) in [5, 5.41) is 3.72. The first kappa shape index (κ1) is 13.6. The summed E-state index contributed by atoms with van der Waals surface area (Å²) in [6, 6.07) is 10.8. The largest absolute Gasteiger partial charge is 0.316 e. The Morgan fingerprint density at radius 3 is 2.44 bits per heavy atom. The third-order valence-corrected chi connectivity index (χ3v) is 4.73. The Hall–Kier alpha value is -0.820. The molecule has 18 heavy (non-hydrogen) atoms. The first-order valence-electron chi connectivity index (χ1n) is 7.51. The normalized spacial score (nSPS) is 19.9. The lowest BCUT2D eigenvalue weighted by atomic mass is 9.83.